The van der Waals surface area contributed by atoms with Crippen LogP contribution in [0.4, 0.5) is 4.79 Å². The summed E-state index contributed by atoms with van der Waals surface area (Å²) in [6.07, 6.45) is 4.28. The first-order valence-corrected chi connectivity index (χ1v) is 15.8. The average Bonchev–Trinajstić information content (AvgIpc) is 2.98. The highest BCUT2D eigenvalue weighted by atomic mass is 16.7. The number of ketones is 1. The van der Waals surface area contributed by atoms with Gasteiger partial charge in [-0.25, -0.2) is 4.79 Å². The molecule has 1 fully saturated rings. The van der Waals surface area contributed by atoms with E-state index >= 15 is 0 Å². The quantitative estimate of drug-likeness (QED) is 0.303. The molecular formula is C33H54N2O9. The number of likely N-dealkylation sites (N-methyl/N-ethyl adjacent to an activating group) is 1. The van der Waals surface area contributed by atoms with Crippen molar-refractivity contribution >= 4 is 24.1 Å². The van der Waals surface area contributed by atoms with Crippen molar-refractivity contribution in [1.29, 1.82) is 0 Å². The van der Waals surface area contributed by atoms with Crippen molar-refractivity contribution in [2.75, 3.05) is 27.7 Å². The molecule has 0 aliphatic carbocycles. The van der Waals surface area contributed by atoms with Crippen LogP contribution in [0.15, 0.2) is 23.8 Å². The first-order chi connectivity index (χ1) is 20.8. The fourth-order valence-electron chi connectivity index (χ4n) is 6.07. The Morgan fingerprint density at radius 3 is 2.50 bits per heavy atom. The highest BCUT2D eigenvalue weighted by molar-refractivity contribution is 5.91. The van der Waals surface area contributed by atoms with Crippen LogP contribution in [0.3, 0.4) is 0 Å². The number of rotatable bonds is 8. The minimum atomic E-state index is -0.936. The van der Waals surface area contributed by atoms with E-state index in [1.54, 1.807) is 6.08 Å². The van der Waals surface area contributed by atoms with E-state index < -0.39 is 48.5 Å². The molecular weight excluding hydrogens is 568 g/mol. The number of esters is 1. The normalized spacial score (nSPS) is 36.5. The lowest BCUT2D eigenvalue weighted by Gasteiger charge is -2.44. The predicted molar refractivity (Wildman–Crippen MR) is 166 cm³/mol. The SMILES string of the molecule is CC[C@H]1OC(=O)CC[C@H](C)[C@@H](OC2OC(C)CC(N(C)C)C2O)[C@@H](CC=O)C[C@@H](C)C(=O)/C=C/C(C)=C/[C@@H]1COC(=O)NC. The Bertz CT molecular complexity index is 1010. The third-order valence-electron chi connectivity index (χ3n) is 8.70. The number of hydrogen-bond acceptors (Lipinski definition) is 10. The molecule has 0 bridgehead atoms. The van der Waals surface area contributed by atoms with Crippen LogP contribution in [0.5, 0.6) is 0 Å². The first kappa shape index (κ1) is 37.6. The van der Waals surface area contributed by atoms with Gasteiger partial charge in [-0.15, -0.1) is 0 Å². The number of nitrogens with zero attached hydrogens (tertiary/aromatic N) is 1. The molecule has 2 aliphatic heterocycles. The van der Waals surface area contributed by atoms with Gasteiger partial charge in [0.1, 0.15) is 25.1 Å². The van der Waals surface area contributed by atoms with Gasteiger partial charge in [0.05, 0.1) is 12.2 Å². The van der Waals surface area contributed by atoms with Gasteiger partial charge in [0, 0.05) is 37.8 Å². The van der Waals surface area contributed by atoms with Gasteiger partial charge >= 0.3 is 12.1 Å². The van der Waals surface area contributed by atoms with Crippen LogP contribution in [0.1, 0.15) is 73.1 Å². The number of aliphatic hydroxyl groups is 1. The molecule has 2 heterocycles. The van der Waals surface area contributed by atoms with Gasteiger partial charge in [0.25, 0.3) is 0 Å². The molecule has 44 heavy (non-hydrogen) atoms. The largest absolute Gasteiger partial charge is 0.462 e. The van der Waals surface area contributed by atoms with E-state index in [1.165, 1.54) is 13.1 Å². The fourth-order valence-corrected chi connectivity index (χ4v) is 6.07. The molecule has 0 aromatic heterocycles. The van der Waals surface area contributed by atoms with E-state index in [-0.39, 0.29) is 49.2 Å². The molecule has 2 N–H and O–H groups in total. The fraction of sp³-hybridized carbons (Fsp3) is 0.758. The van der Waals surface area contributed by atoms with Crippen LogP contribution < -0.4 is 5.32 Å². The lowest BCUT2D eigenvalue weighted by atomic mass is 9.80. The van der Waals surface area contributed by atoms with Crippen molar-refractivity contribution in [2.45, 2.75) is 110 Å². The number of alkyl carbamates (subject to hydrolysis) is 1. The summed E-state index contributed by atoms with van der Waals surface area (Å²) >= 11 is 0. The van der Waals surface area contributed by atoms with Crippen molar-refractivity contribution < 1.29 is 43.2 Å². The smallest absolute Gasteiger partial charge is 0.406 e. The highest BCUT2D eigenvalue weighted by Gasteiger charge is 2.42. The van der Waals surface area contributed by atoms with E-state index in [0.717, 1.165) is 11.9 Å². The molecule has 0 saturated carbocycles. The van der Waals surface area contributed by atoms with Crippen molar-refractivity contribution in [3.8, 4) is 0 Å². The number of amides is 1. The van der Waals surface area contributed by atoms with Crippen LogP contribution in [-0.2, 0) is 33.3 Å². The number of carbonyl (C=O) groups excluding carboxylic acids is 4. The summed E-state index contributed by atoms with van der Waals surface area (Å²) in [5, 5.41) is 13.6. The van der Waals surface area contributed by atoms with E-state index in [4.69, 9.17) is 18.9 Å². The van der Waals surface area contributed by atoms with Gasteiger partial charge in [-0.1, -0.05) is 38.5 Å². The minimum absolute atomic E-state index is 0.00321. The molecule has 0 aromatic rings. The minimum Gasteiger partial charge on any atom is -0.462 e. The Hall–Kier alpha value is -2.60. The predicted octanol–water partition coefficient (Wildman–Crippen LogP) is 3.82. The van der Waals surface area contributed by atoms with E-state index in [2.05, 4.69) is 5.32 Å². The molecule has 0 aromatic carbocycles. The number of nitrogens with one attached hydrogen (secondary N) is 1. The van der Waals surface area contributed by atoms with Crippen molar-refractivity contribution in [3.63, 3.8) is 0 Å². The van der Waals surface area contributed by atoms with Crippen LogP contribution >= 0.6 is 0 Å². The molecule has 0 spiro atoms. The third-order valence-corrected chi connectivity index (χ3v) is 8.70. The molecule has 4 unspecified atom stereocenters. The monoisotopic (exact) mass is 622 g/mol. The molecule has 11 heteroatoms. The van der Waals surface area contributed by atoms with Crippen LogP contribution in [-0.4, -0.2) is 98.6 Å². The number of aliphatic hydroxyl groups excluding tert-OH is 1. The van der Waals surface area contributed by atoms with Crippen LogP contribution in [0.2, 0.25) is 0 Å². The molecule has 10 atom stereocenters. The van der Waals surface area contributed by atoms with Gasteiger partial charge in [0.2, 0.25) is 0 Å². The van der Waals surface area contributed by atoms with Crippen LogP contribution in [0.25, 0.3) is 0 Å². The van der Waals surface area contributed by atoms with E-state index in [0.29, 0.717) is 25.7 Å². The Kier molecular flexibility index (Phi) is 15.7. The number of allylic oxidation sites excluding steroid dienone is 3. The molecule has 0 radical (unpaired) electrons. The summed E-state index contributed by atoms with van der Waals surface area (Å²) in [7, 11) is 5.26. The Morgan fingerprint density at radius 1 is 1.18 bits per heavy atom. The highest BCUT2D eigenvalue weighted by Crippen LogP contribution is 2.34. The van der Waals surface area contributed by atoms with Crippen molar-refractivity contribution in [2.24, 2.45) is 23.7 Å². The summed E-state index contributed by atoms with van der Waals surface area (Å²) < 4.78 is 23.8. The van der Waals surface area contributed by atoms with Gasteiger partial charge in [-0.05, 0) is 71.5 Å². The lowest BCUT2D eigenvalue weighted by Crippen LogP contribution is -2.55. The Labute approximate surface area is 262 Å². The Morgan fingerprint density at radius 2 is 1.89 bits per heavy atom. The summed E-state index contributed by atoms with van der Waals surface area (Å²) in [5.74, 6) is -1.92. The number of hydrogen-bond donors (Lipinski definition) is 2. The molecule has 11 nitrogen and oxygen atoms in total. The zero-order valence-corrected chi connectivity index (χ0v) is 27.7. The van der Waals surface area contributed by atoms with Gasteiger partial charge in [0.15, 0.2) is 12.1 Å². The summed E-state index contributed by atoms with van der Waals surface area (Å²) in [6, 6.07) is -0.182. The molecule has 250 valence electrons. The number of cyclic esters (lactones) is 1. The summed E-state index contributed by atoms with van der Waals surface area (Å²) in [6.45, 7) is 9.42. The second kappa shape index (κ2) is 18.4. The molecule has 2 aliphatic rings. The first-order valence-electron chi connectivity index (χ1n) is 15.8. The van der Waals surface area contributed by atoms with Gasteiger partial charge in [-0.3, -0.25) is 9.59 Å². The number of carbonyl (C=O) groups is 4. The standard InChI is InChI=1S/C33H54N2O9/c1-9-28-25(19-41-33(40)34-6)16-20(2)10-12-27(37)22(4)17-24(14-15-36)31(21(3)11-13-29(38)43-28)44-32-30(39)26(35(7)8)18-23(5)42-32/h10,12,15-16,21-26,28,30-32,39H,9,11,13-14,17-19H2,1-8H3,(H,34,40)/b12-10+,20-16+/t21-,22+,23?,24-,25+,26?,28+,30?,31+,32?/m0/s1. The molecule has 1 amide bonds. The maximum Gasteiger partial charge on any atom is 0.406 e. The van der Waals surface area contributed by atoms with Gasteiger partial charge in [-0.2, -0.15) is 0 Å². The zero-order valence-electron chi connectivity index (χ0n) is 27.7. The second-order valence-electron chi connectivity index (χ2n) is 12.6. The molecule has 2 rings (SSSR count). The number of aldehydes is 1. The molecule has 1 saturated heterocycles. The number of ether oxygens (including phenoxy) is 4. The topological polar surface area (TPSA) is 141 Å². The second-order valence-corrected chi connectivity index (χ2v) is 12.6. The zero-order chi connectivity index (χ0) is 33.0. The third kappa shape index (κ3) is 11.4. The van der Waals surface area contributed by atoms with Crippen LogP contribution in [0, 0.1) is 23.7 Å². The average molecular weight is 623 g/mol. The van der Waals surface area contributed by atoms with Crippen molar-refractivity contribution in [3.05, 3.63) is 23.8 Å². The Balaban J connectivity index is 2.44. The maximum absolute atomic E-state index is 13.2. The maximum atomic E-state index is 13.2. The van der Waals surface area contributed by atoms with Gasteiger partial charge < -0.3 is 39.1 Å². The summed E-state index contributed by atoms with van der Waals surface area (Å²) in [5.41, 5.74) is 0.755. The summed E-state index contributed by atoms with van der Waals surface area (Å²) in [4.78, 5) is 52.0. The van der Waals surface area contributed by atoms with E-state index in [9.17, 15) is 24.3 Å². The van der Waals surface area contributed by atoms with Crippen molar-refractivity contribution in [1.82, 2.24) is 10.2 Å². The van der Waals surface area contributed by atoms with E-state index in [1.807, 2.05) is 59.7 Å². The lowest BCUT2D eigenvalue weighted by molar-refractivity contribution is -0.280.